The first-order valence-electron chi connectivity index (χ1n) is 4.13. The summed E-state index contributed by atoms with van der Waals surface area (Å²) in [5.41, 5.74) is -1.26. The van der Waals surface area contributed by atoms with Crippen LogP contribution in [-0.2, 0) is 0 Å². The Labute approximate surface area is 101 Å². The number of hydrogen-bond donors (Lipinski definition) is 0. The van der Waals surface area contributed by atoms with Crippen molar-refractivity contribution in [2.24, 2.45) is 0 Å². The third-order valence-corrected chi connectivity index (χ3v) is 1.96. The predicted octanol–water partition coefficient (Wildman–Crippen LogP) is 3.62. The van der Waals surface area contributed by atoms with Gasteiger partial charge in [-0.25, -0.2) is 0 Å². The summed E-state index contributed by atoms with van der Waals surface area (Å²) in [5.74, 6) is -2.52. The molecule has 0 amide bonds. The van der Waals surface area contributed by atoms with E-state index in [1.807, 2.05) is 0 Å². The third kappa shape index (κ3) is 2.97. The summed E-state index contributed by atoms with van der Waals surface area (Å²) in [5, 5.41) is 9.44. The minimum atomic E-state index is -4.87. The highest BCUT2D eigenvalue weighted by Crippen LogP contribution is 2.34. The fraction of sp³-hybridized carbons (Fsp3) is 0.250. The first-order chi connectivity index (χ1) is 8.15. The molecule has 0 bridgehead atoms. The molecular weight excluding hydrogens is 289 g/mol. The number of benzene rings is 1. The summed E-state index contributed by atoms with van der Waals surface area (Å²) in [4.78, 5) is 9.09. The second-order valence-electron chi connectivity index (χ2n) is 2.96. The highest BCUT2D eigenvalue weighted by atomic mass is 35.5. The molecule has 1 aromatic rings. The molecule has 18 heavy (non-hydrogen) atoms. The van der Waals surface area contributed by atoms with E-state index in [9.17, 15) is 32.1 Å². The average molecular weight is 292 g/mol. The molecule has 0 saturated carbocycles. The number of nitrogens with zero attached hydrogens (tertiary/aromatic N) is 1. The van der Waals surface area contributed by atoms with Crippen LogP contribution in [0, 0.1) is 15.9 Å². The number of nitro groups is 1. The van der Waals surface area contributed by atoms with Gasteiger partial charge >= 0.3 is 18.2 Å². The summed E-state index contributed by atoms with van der Waals surface area (Å²) in [6.45, 7) is 0. The van der Waals surface area contributed by atoms with E-state index in [2.05, 4.69) is 4.74 Å². The second-order valence-corrected chi connectivity index (χ2v) is 3.37. The Morgan fingerprint density at radius 3 is 2.39 bits per heavy atom. The molecule has 0 atom stereocenters. The van der Waals surface area contributed by atoms with E-state index < -0.39 is 39.7 Å². The van der Waals surface area contributed by atoms with Gasteiger partial charge in [-0.2, -0.15) is 22.0 Å². The Morgan fingerprint density at radius 1 is 1.39 bits per heavy atom. The molecule has 0 fully saturated rings. The molecule has 0 radical (unpaired) electrons. The van der Waals surface area contributed by atoms with E-state index in [4.69, 9.17) is 11.6 Å². The third-order valence-electron chi connectivity index (χ3n) is 1.69. The van der Waals surface area contributed by atoms with Crippen LogP contribution in [0.3, 0.4) is 0 Å². The normalized spacial score (nSPS) is 11.7. The minimum absolute atomic E-state index is 0.234. The van der Waals surface area contributed by atoms with Crippen LogP contribution >= 0.6 is 11.6 Å². The molecule has 0 aromatic heterocycles. The zero-order valence-electron chi connectivity index (χ0n) is 8.17. The van der Waals surface area contributed by atoms with Crippen LogP contribution in [0.5, 0.6) is 5.75 Å². The Bertz CT molecular complexity index is 482. The lowest BCUT2D eigenvalue weighted by molar-refractivity contribution is -0.387. The zero-order valence-corrected chi connectivity index (χ0v) is 8.93. The quantitative estimate of drug-likeness (QED) is 0.483. The van der Waals surface area contributed by atoms with Crippen LogP contribution in [-0.4, -0.2) is 17.5 Å². The smallest absolute Gasteiger partial charge is 0.428 e. The monoisotopic (exact) mass is 291 g/mol. The largest absolute Gasteiger partial charge is 0.461 e. The molecule has 4 nitrogen and oxygen atoms in total. The molecule has 100 valence electrons. The van der Waals surface area contributed by atoms with Crippen molar-refractivity contribution in [3.05, 3.63) is 33.1 Å². The molecule has 0 heterocycles. The van der Waals surface area contributed by atoms with Crippen LogP contribution < -0.4 is 4.74 Å². The Kier molecular flexibility index (Phi) is 3.95. The molecule has 0 spiro atoms. The van der Waals surface area contributed by atoms with Gasteiger partial charge in [0.05, 0.1) is 16.0 Å². The maximum atomic E-state index is 13.1. The summed E-state index contributed by atoms with van der Waals surface area (Å²) in [7, 11) is 0. The van der Waals surface area contributed by atoms with Crippen molar-refractivity contribution in [2.45, 2.75) is 12.5 Å². The van der Waals surface area contributed by atoms with Gasteiger partial charge in [-0.05, 0) is 0 Å². The van der Waals surface area contributed by atoms with Crippen molar-refractivity contribution in [1.29, 1.82) is 0 Å². The number of alkyl halides is 4. The first kappa shape index (κ1) is 14.4. The van der Waals surface area contributed by atoms with Gasteiger partial charge < -0.3 is 4.74 Å². The van der Waals surface area contributed by atoms with Gasteiger partial charge in [-0.1, -0.05) is 11.6 Å². The maximum Gasteiger partial charge on any atom is 0.461 e. The van der Waals surface area contributed by atoms with E-state index in [1.54, 1.807) is 0 Å². The highest BCUT2D eigenvalue weighted by molar-refractivity contribution is 6.31. The zero-order chi connectivity index (χ0) is 14.1. The lowest BCUT2D eigenvalue weighted by Gasteiger charge is -2.16. The number of nitro benzene ring substituents is 1. The van der Waals surface area contributed by atoms with E-state index in [1.165, 1.54) is 0 Å². The van der Waals surface area contributed by atoms with Crippen molar-refractivity contribution in [2.75, 3.05) is 0 Å². The molecule has 1 rings (SSSR count). The molecule has 0 aliphatic heterocycles. The first-order valence-corrected chi connectivity index (χ1v) is 4.51. The maximum absolute atomic E-state index is 13.1. The van der Waals surface area contributed by atoms with E-state index in [-0.39, 0.29) is 6.07 Å². The van der Waals surface area contributed by atoms with E-state index in [0.717, 1.165) is 0 Å². The lowest BCUT2D eigenvalue weighted by Crippen LogP contribution is -2.33. The lowest BCUT2D eigenvalue weighted by atomic mass is 10.3. The van der Waals surface area contributed by atoms with Gasteiger partial charge in [0.1, 0.15) is 5.75 Å². The standard InChI is InChI=1S/C8H3ClF5NO3/c9-4-1-3(18-8(13,14)7(11)12)2-5(6(4)10)15(16)17/h1-2,7H. The Hall–Kier alpha value is -1.64. The van der Waals surface area contributed by atoms with Gasteiger partial charge in [0, 0.05) is 6.07 Å². The Morgan fingerprint density at radius 2 is 1.94 bits per heavy atom. The summed E-state index contributed by atoms with van der Waals surface area (Å²) < 4.78 is 65.3. The topological polar surface area (TPSA) is 52.4 Å². The van der Waals surface area contributed by atoms with Crippen LogP contribution in [0.4, 0.5) is 27.6 Å². The summed E-state index contributed by atoms with van der Waals surface area (Å²) in [6, 6.07) is 0.664. The molecule has 0 saturated heterocycles. The summed E-state index contributed by atoms with van der Waals surface area (Å²) in [6.07, 6.45) is -9.02. The SMILES string of the molecule is O=[N+]([O-])c1cc(OC(F)(F)C(F)F)cc(Cl)c1F. The van der Waals surface area contributed by atoms with Crippen LogP contribution in [0.25, 0.3) is 0 Å². The number of ether oxygens (including phenoxy) is 1. The molecule has 0 aliphatic carbocycles. The van der Waals surface area contributed by atoms with Crippen LogP contribution in [0.1, 0.15) is 0 Å². The summed E-state index contributed by atoms with van der Waals surface area (Å²) >= 11 is 5.18. The van der Waals surface area contributed by atoms with Crippen molar-refractivity contribution in [3.8, 4) is 5.75 Å². The van der Waals surface area contributed by atoms with Crippen molar-refractivity contribution >= 4 is 17.3 Å². The van der Waals surface area contributed by atoms with Gasteiger partial charge in [0.25, 0.3) is 0 Å². The predicted molar refractivity (Wildman–Crippen MR) is 49.6 cm³/mol. The minimum Gasteiger partial charge on any atom is -0.428 e. The van der Waals surface area contributed by atoms with Gasteiger partial charge in [-0.15, -0.1) is 0 Å². The van der Waals surface area contributed by atoms with Crippen molar-refractivity contribution in [3.63, 3.8) is 0 Å². The van der Waals surface area contributed by atoms with Crippen molar-refractivity contribution in [1.82, 2.24) is 0 Å². The number of rotatable bonds is 4. The fourth-order valence-electron chi connectivity index (χ4n) is 0.944. The van der Waals surface area contributed by atoms with Crippen molar-refractivity contribution < 1.29 is 31.6 Å². The van der Waals surface area contributed by atoms with Crippen LogP contribution in [0.15, 0.2) is 12.1 Å². The van der Waals surface area contributed by atoms with Gasteiger partial charge in [0.15, 0.2) is 0 Å². The molecule has 10 heteroatoms. The molecule has 0 N–H and O–H groups in total. The molecular formula is C8H3ClF5NO3. The van der Waals surface area contributed by atoms with E-state index >= 15 is 0 Å². The molecule has 1 aromatic carbocycles. The van der Waals surface area contributed by atoms with E-state index in [0.29, 0.717) is 6.07 Å². The second kappa shape index (κ2) is 4.92. The van der Waals surface area contributed by atoms with Gasteiger partial charge in [0.2, 0.25) is 5.82 Å². The number of hydrogen-bond acceptors (Lipinski definition) is 3. The fourth-order valence-corrected chi connectivity index (χ4v) is 1.15. The van der Waals surface area contributed by atoms with Gasteiger partial charge in [-0.3, -0.25) is 10.1 Å². The molecule has 0 aliphatic rings. The van der Waals surface area contributed by atoms with Crippen LogP contribution in [0.2, 0.25) is 5.02 Å². The number of halogens is 6. The average Bonchev–Trinajstić information content (AvgIpc) is 2.21. The highest BCUT2D eigenvalue weighted by Gasteiger charge is 2.44. The Balaban J connectivity index is 3.16. The molecule has 0 unspecified atom stereocenters.